The van der Waals surface area contributed by atoms with E-state index in [1.54, 1.807) is 20.8 Å². The van der Waals surface area contributed by atoms with Gasteiger partial charge in [0.1, 0.15) is 16.1 Å². The molecule has 108 valence electrons. The van der Waals surface area contributed by atoms with Gasteiger partial charge >= 0.3 is 6.09 Å². The molecule has 6 nitrogen and oxygen atoms in total. The first kappa shape index (κ1) is 15.7. The molecule has 0 aliphatic carbocycles. The standard InChI is InChI=1S/C12H21N3O3S/c1-8(16)14-12(9(13)19)5-6-15(7-12)10(17)18-11(2,3)4/h5-7H2,1-4H3,(H2,13,19)(H,14,16). The van der Waals surface area contributed by atoms with Crippen molar-refractivity contribution in [3.05, 3.63) is 0 Å². The fraction of sp³-hybridized carbons (Fsp3) is 0.750. The molecule has 19 heavy (non-hydrogen) atoms. The van der Waals surface area contributed by atoms with Gasteiger partial charge < -0.3 is 20.7 Å². The average Bonchev–Trinajstić information content (AvgIpc) is 2.59. The number of thiocarbonyl (C=S) groups is 1. The van der Waals surface area contributed by atoms with Crippen molar-refractivity contribution in [1.29, 1.82) is 0 Å². The molecule has 2 amide bonds. The number of hydrogen-bond acceptors (Lipinski definition) is 4. The van der Waals surface area contributed by atoms with Crippen molar-refractivity contribution in [2.45, 2.75) is 45.3 Å². The summed E-state index contributed by atoms with van der Waals surface area (Å²) in [5, 5.41) is 2.75. The molecule has 0 spiro atoms. The van der Waals surface area contributed by atoms with Gasteiger partial charge in [-0.15, -0.1) is 0 Å². The summed E-state index contributed by atoms with van der Waals surface area (Å²) in [7, 11) is 0. The van der Waals surface area contributed by atoms with Crippen molar-refractivity contribution in [1.82, 2.24) is 10.2 Å². The number of amides is 2. The lowest BCUT2D eigenvalue weighted by atomic mass is 9.98. The Labute approximate surface area is 118 Å². The summed E-state index contributed by atoms with van der Waals surface area (Å²) in [6.07, 6.45) is 0.0808. The molecule has 1 aliphatic heterocycles. The number of nitrogens with two attached hydrogens (primary N) is 1. The average molecular weight is 287 g/mol. The lowest BCUT2D eigenvalue weighted by Crippen LogP contribution is -2.58. The van der Waals surface area contributed by atoms with E-state index < -0.39 is 17.2 Å². The highest BCUT2D eigenvalue weighted by atomic mass is 32.1. The van der Waals surface area contributed by atoms with Crippen LogP contribution >= 0.6 is 12.2 Å². The van der Waals surface area contributed by atoms with Crippen molar-refractivity contribution >= 4 is 29.2 Å². The number of nitrogens with one attached hydrogen (secondary N) is 1. The molecule has 1 unspecified atom stereocenters. The Bertz CT molecular complexity index is 406. The lowest BCUT2D eigenvalue weighted by molar-refractivity contribution is -0.120. The first-order valence-corrected chi connectivity index (χ1v) is 6.53. The van der Waals surface area contributed by atoms with Gasteiger partial charge in [0.15, 0.2) is 0 Å². The first-order chi connectivity index (χ1) is 8.56. The van der Waals surface area contributed by atoms with Crippen LogP contribution in [-0.4, -0.2) is 46.1 Å². The molecule has 1 atom stereocenters. The maximum Gasteiger partial charge on any atom is 0.410 e. The SMILES string of the molecule is CC(=O)NC1(C(N)=S)CCN(C(=O)OC(C)(C)C)C1. The Morgan fingerprint density at radius 2 is 2.00 bits per heavy atom. The highest BCUT2D eigenvalue weighted by Crippen LogP contribution is 2.24. The van der Waals surface area contributed by atoms with Crippen molar-refractivity contribution in [2.75, 3.05) is 13.1 Å². The van der Waals surface area contributed by atoms with Crippen LogP contribution in [0.3, 0.4) is 0 Å². The van der Waals surface area contributed by atoms with Crippen LogP contribution in [0, 0.1) is 0 Å². The molecule has 0 aromatic heterocycles. The molecule has 7 heteroatoms. The maximum absolute atomic E-state index is 12.0. The van der Waals surface area contributed by atoms with E-state index in [0.29, 0.717) is 13.0 Å². The second-order valence-corrected chi connectivity index (χ2v) is 6.22. The number of nitrogens with zero attached hydrogens (tertiary/aromatic N) is 1. The highest BCUT2D eigenvalue weighted by molar-refractivity contribution is 7.80. The van der Waals surface area contributed by atoms with Crippen LogP contribution in [0.15, 0.2) is 0 Å². The molecule has 0 saturated carbocycles. The van der Waals surface area contributed by atoms with Crippen LogP contribution in [-0.2, 0) is 9.53 Å². The van der Waals surface area contributed by atoms with Gasteiger partial charge in [-0.25, -0.2) is 4.79 Å². The summed E-state index contributed by atoms with van der Waals surface area (Å²) in [4.78, 5) is 24.9. The largest absolute Gasteiger partial charge is 0.444 e. The molecule has 1 saturated heterocycles. The summed E-state index contributed by atoms with van der Waals surface area (Å²) < 4.78 is 5.29. The normalized spacial score (nSPS) is 23.1. The lowest BCUT2D eigenvalue weighted by Gasteiger charge is -2.29. The summed E-state index contributed by atoms with van der Waals surface area (Å²) in [5.41, 5.74) is 4.33. The second-order valence-electron chi connectivity index (χ2n) is 5.78. The van der Waals surface area contributed by atoms with Crippen LogP contribution < -0.4 is 11.1 Å². The maximum atomic E-state index is 12.0. The van der Waals surface area contributed by atoms with E-state index in [2.05, 4.69) is 5.32 Å². The molecule has 0 aromatic rings. The van der Waals surface area contributed by atoms with Crippen LogP contribution in [0.25, 0.3) is 0 Å². The van der Waals surface area contributed by atoms with E-state index in [1.165, 1.54) is 11.8 Å². The Morgan fingerprint density at radius 3 is 2.42 bits per heavy atom. The van der Waals surface area contributed by atoms with Gasteiger partial charge in [0.2, 0.25) is 5.91 Å². The molecule has 1 rings (SSSR count). The number of likely N-dealkylation sites (tertiary alicyclic amines) is 1. The van der Waals surface area contributed by atoms with Gasteiger partial charge in [0.05, 0.1) is 6.54 Å². The van der Waals surface area contributed by atoms with Gasteiger partial charge in [0.25, 0.3) is 0 Å². The van der Waals surface area contributed by atoms with Crippen molar-refractivity contribution in [3.8, 4) is 0 Å². The fourth-order valence-corrected chi connectivity index (χ4v) is 2.21. The summed E-state index contributed by atoms with van der Waals surface area (Å²) in [6, 6.07) is 0. The Morgan fingerprint density at radius 1 is 1.42 bits per heavy atom. The third-order valence-electron chi connectivity index (χ3n) is 2.81. The van der Waals surface area contributed by atoms with Gasteiger partial charge in [-0.3, -0.25) is 4.79 Å². The minimum atomic E-state index is -0.821. The van der Waals surface area contributed by atoms with Crippen molar-refractivity contribution in [2.24, 2.45) is 5.73 Å². The molecule has 0 bridgehead atoms. The first-order valence-electron chi connectivity index (χ1n) is 6.12. The number of carbonyl (C=O) groups is 2. The molecule has 1 aliphatic rings. The summed E-state index contributed by atoms with van der Waals surface area (Å²) >= 11 is 5.02. The third-order valence-corrected chi connectivity index (χ3v) is 3.20. The van der Waals surface area contributed by atoms with Gasteiger partial charge in [0, 0.05) is 13.5 Å². The van der Waals surface area contributed by atoms with E-state index in [4.69, 9.17) is 22.7 Å². The monoisotopic (exact) mass is 287 g/mol. The van der Waals surface area contributed by atoms with E-state index >= 15 is 0 Å². The molecule has 3 N–H and O–H groups in total. The minimum absolute atomic E-state index is 0.189. The highest BCUT2D eigenvalue weighted by Gasteiger charge is 2.44. The zero-order valence-corrected chi connectivity index (χ0v) is 12.6. The van der Waals surface area contributed by atoms with Gasteiger partial charge in [-0.2, -0.15) is 0 Å². The predicted octanol–water partition coefficient (Wildman–Crippen LogP) is 0.788. The summed E-state index contributed by atoms with van der Waals surface area (Å²) in [6.45, 7) is 7.50. The van der Waals surface area contributed by atoms with Crippen LogP contribution in [0.4, 0.5) is 4.79 Å². The van der Waals surface area contributed by atoms with E-state index in [9.17, 15) is 9.59 Å². The minimum Gasteiger partial charge on any atom is -0.444 e. The van der Waals surface area contributed by atoms with E-state index in [0.717, 1.165) is 0 Å². The van der Waals surface area contributed by atoms with Crippen LogP contribution in [0.1, 0.15) is 34.1 Å². The molecule has 1 heterocycles. The molecular formula is C12H21N3O3S. The topological polar surface area (TPSA) is 84.7 Å². The zero-order chi connectivity index (χ0) is 14.8. The van der Waals surface area contributed by atoms with Crippen LogP contribution in [0.5, 0.6) is 0 Å². The molecule has 1 fully saturated rings. The molecule has 0 aromatic carbocycles. The van der Waals surface area contributed by atoms with E-state index in [1.807, 2.05) is 0 Å². The molecule has 0 radical (unpaired) electrons. The quantitative estimate of drug-likeness (QED) is 0.733. The van der Waals surface area contributed by atoms with E-state index in [-0.39, 0.29) is 17.4 Å². The third kappa shape index (κ3) is 4.05. The molecular weight excluding hydrogens is 266 g/mol. The van der Waals surface area contributed by atoms with Gasteiger partial charge in [-0.05, 0) is 27.2 Å². The summed E-state index contributed by atoms with van der Waals surface area (Å²) in [5.74, 6) is -0.223. The van der Waals surface area contributed by atoms with Crippen molar-refractivity contribution < 1.29 is 14.3 Å². The van der Waals surface area contributed by atoms with Gasteiger partial charge in [-0.1, -0.05) is 12.2 Å². The zero-order valence-electron chi connectivity index (χ0n) is 11.8. The predicted molar refractivity (Wildman–Crippen MR) is 75.8 cm³/mol. The second kappa shape index (κ2) is 5.32. The van der Waals surface area contributed by atoms with Crippen molar-refractivity contribution in [3.63, 3.8) is 0 Å². The number of carbonyl (C=O) groups excluding carboxylic acids is 2. The fourth-order valence-electron chi connectivity index (χ4n) is 1.99. The smallest absolute Gasteiger partial charge is 0.410 e. The Hall–Kier alpha value is -1.37. The number of rotatable bonds is 2. The number of ether oxygens (including phenoxy) is 1. The Kier molecular flexibility index (Phi) is 4.39. The Balaban J connectivity index is 2.77. The van der Waals surface area contributed by atoms with Crippen LogP contribution in [0.2, 0.25) is 0 Å². The number of hydrogen-bond donors (Lipinski definition) is 2.